The van der Waals surface area contributed by atoms with Gasteiger partial charge in [-0.1, -0.05) is 12.1 Å². The van der Waals surface area contributed by atoms with E-state index < -0.39 is 0 Å². The van der Waals surface area contributed by atoms with Gasteiger partial charge < -0.3 is 10.2 Å². The van der Waals surface area contributed by atoms with Crippen LogP contribution in [0.25, 0.3) is 0 Å². The minimum Gasteiger partial charge on any atom is -0.352 e. The maximum Gasteiger partial charge on any atom is 0.226 e. The summed E-state index contributed by atoms with van der Waals surface area (Å²) in [6.45, 7) is 2.04. The molecule has 4 nitrogen and oxygen atoms in total. The summed E-state index contributed by atoms with van der Waals surface area (Å²) in [4.78, 5) is 26.0. The van der Waals surface area contributed by atoms with Gasteiger partial charge >= 0.3 is 0 Å². The normalized spacial score (nSPS) is 24.0. The van der Waals surface area contributed by atoms with E-state index in [2.05, 4.69) is 5.32 Å². The minimum absolute atomic E-state index is 0.0723. The Hall–Kier alpha value is -1.91. The summed E-state index contributed by atoms with van der Waals surface area (Å²) in [5.41, 5.74) is 0.854. The van der Waals surface area contributed by atoms with E-state index >= 15 is 0 Å². The average molecular weight is 290 g/mol. The number of carbonyl (C=O) groups excluding carboxylic acids is 2. The lowest BCUT2D eigenvalue weighted by molar-refractivity contribution is -0.133. The predicted molar refractivity (Wildman–Crippen MR) is 75.7 cm³/mol. The van der Waals surface area contributed by atoms with Crippen LogP contribution in [0, 0.1) is 17.7 Å². The first-order valence-corrected chi connectivity index (χ1v) is 7.46. The zero-order valence-electron chi connectivity index (χ0n) is 11.8. The Balaban J connectivity index is 1.46. The summed E-state index contributed by atoms with van der Waals surface area (Å²) >= 11 is 0. The second-order valence-corrected chi connectivity index (χ2v) is 5.83. The molecule has 2 fully saturated rings. The van der Waals surface area contributed by atoms with Gasteiger partial charge in [0, 0.05) is 19.6 Å². The van der Waals surface area contributed by atoms with Gasteiger partial charge in [0.25, 0.3) is 0 Å². The number of amides is 2. The number of benzene rings is 1. The molecule has 1 aliphatic heterocycles. The summed E-state index contributed by atoms with van der Waals surface area (Å²) in [5, 5.41) is 2.82. The predicted octanol–water partition coefficient (Wildman–Crippen LogP) is 1.70. The fraction of sp³-hybridized carbons (Fsp3) is 0.500. The van der Waals surface area contributed by atoms with Crippen LogP contribution in [0.3, 0.4) is 0 Å². The first-order chi connectivity index (χ1) is 10.1. The molecule has 2 unspecified atom stereocenters. The van der Waals surface area contributed by atoms with Crippen molar-refractivity contribution in [2.24, 2.45) is 11.8 Å². The number of hydrogen-bond donors (Lipinski definition) is 1. The highest BCUT2D eigenvalue weighted by atomic mass is 19.1. The Bertz CT molecular complexity index is 538. The van der Waals surface area contributed by atoms with Crippen LogP contribution in [0.15, 0.2) is 24.3 Å². The third-order valence-electron chi connectivity index (χ3n) is 4.24. The van der Waals surface area contributed by atoms with Gasteiger partial charge in [-0.05, 0) is 37.0 Å². The van der Waals surface area contributed by atoms with E-state index in [0.717, 1.165) is 31.5 Å². The molecule has 0 bridgehead atoms. The molecule has 2 atom stereocenters. The second kappa shape index (κ2) is 5.84. The number of likely N-dealkylation sites (tertiary alicyclic amines) is 1. The van der Waals surface area contributed by atoms with E-state index in [0.29, 0.717) is 13.0 Å². The quantitative estimate of drug-likeness (QED) is 0.917. The number of halogens is 1. The van der Waals surface area contributed by atoms with E-state index in [1.165, 1.54) is 12.1 Å². The lowest BCUT2D eigenvalue weighted by Crippen LogP contribution is -2.32. The standard InChI is InChI=1S/C16H19FN2O2/c17-12-5-3-11(4-6-12)10-18-15(20)13-9-14(13)16(21)19-7-1-2-8-19/h3-6,13-14H,1-2,7-10H2,(H,18,20). The second-order valence-electron chi connectivity index (χ2n) is 5.83. The van der Waals surface area contributed by atoms with Crippen LogP contribution in [-0.2, 0) is 16.1 Å². The third-order valence-corrected chi connectivity index (χ3v) is 4.24. The molecule has 5 heteroatoms. The maximum atomic E-state index is 12.8. The Labute approximate surface area is 123 Å². The fourth-order valence-electron chi connectivity index (χ4n) is 2.85. The largest absolute Gasteiger partial charge is 0.352 e. The highest BCUT2D eigenvalue weighted by molar-refractivity contribution is 5.92. The number of nitrogens with one attached hydrogen (secondary N) is 1. The molecule has 1 saturated heterocycles. The van der Waals surface area contributed by atoms with Crippen LogP contribution in [-0.4, -0.2) is 29.8 Å². The molecule has 1 N–H and O–H groups in total. The number of hydrogen-bond acceptors (Lipinski definition) is 2. The molecule has 0 spiro atoms. The van der Waals surface area contributed by atoms with Crippen LogP contribution < -0.4 is 5.32 Å². The van der Waals surface area contributed by atoms with Crippen molar-refractivity contribution in [3.05, 3.63) is 35.6 Å². The van der Waals surface area contributed by atoms with E-state index in [1.54, 1.807) is 12.1 Å². The average Bonchev–Trinajstić information content (AvgIpc) is 3.11. The van der Waals surface area contributed by atoms with Crippen molar-refractivity contribution in [2.45, 2.75) is 25.8 Å². The Morgan fingerprint density at radius 2 is 1.81 bits per heavy atom. The SMILES string of the molecule is O=C(NCc1ccc(F)cc1)C1CC1C(=O)N1CCCC1. The van der Waals surface area contributed by atoms with Crippen molar-refractivity contribution in [3.8, 4) is 0 Å². The van der Waals surface area contributed by atoms with Crippen LogP contribution in [0.5, 0.6) is 0 Å². The van der Waals surface area contributed by atoms with Crippen molar-refractivity contribution in [1.82, 2.24) is 10.2 Å². The lowest BCUT2D eigenvalue weighted by atomic mass is 10.2. The third kappa shape index (κ3) is 3.23. The molecular formula is C16H19FN2O2. The maximum absolute atomic E-state index is 12.8. The molecule has 0 aromatic heterocycles. The molecule has 1 aromatic carbocycles. The monoisotopic (exact) mass is 290 g/mol. The zero-order valence-corrected chi connectivity index (χ0v) is 11.8. The summed E-state index contributed by atoms with van der Waals surface area (Å²) < 4.78 is 12.8. The highest BCUT2D eigenvalue weighted by Gasteiger charge is 2.49. The summed E-state index contributed by atoms with van der Waals surface area (Å²) in [6.07, 6.45) is 2.80. The van der Waals surface area contributed by atoms with Gasteiger partial charge in [-0.2, -0.15) is 0 Å². The minimum atomic E-state index is -0.288. The Morgan fingerprint density at radius 1 is 1.14 bits per heavy atom. The van der Waals surface area contributed by atoms with Crippen LogP contribution >= 0.6 is 0 Å². The molecule has 1 aromatic rings. The van der Waals surface area contributed by atoms with Crippen LogP contribution in [0.1, 0.15) is 24.8 Å². The zero-order chi connectivity index (χ0) is 14.8. The highest BCUT2D eigenvalue weighted by Crippen LogP contribution is 2.40. The molecule has 21 heavy (non-hydrogen) atoms. The van der Waals surface area contributed by atoms with Crippen molar-refractivity contribution in [3.63, 3.8) is 0 Å². The molecular weight excluding hydrogens is 271 g/mol. The first kappa shape index (κ1) is 14.0. The van der Waals surface area contributed by atoms with Gasteiger partial charge in [-0.15, -0.1) is 0 Å². The summed E-state index contributed by atoms with van der Waals surface area (Å²) in [6, 6.07) is 6.04. The topological polar surface area (TPSA) is 49.4 Å². The summed E-state index contributed by atoms with van der Waals surface area (Å²) in [5.74, 6) is -0.537. The van der Waals surface area contributed by atoms with Crippen LogP contribution in [0.2, 0.25) is 0 Å². The molecule has 112 valence electrons. The van der Waals surface area contributed by atoms with Crippen molar-refractivity contribution < 1.29 is 14.0 Å². The fourth-order valence-corrected chi connectivity index (χ4v) is 2.85. The Kier molecular flexibility index (Phi) is 3.90. The molecule has 1 heterocycles. The number of carbonyl (C=O) groups is 2. The summed E-state index contributed by atoms with van der Waals surface area (Å²) in [7, 11) is 0. The van der Waals surface area contributed by atoms with E-state index in [9.17, 15) is 14.0 Å². The van der Waals surface area contributed by atoms with Gasteiger partial charge in [-0.3, -0.25) is 9.59 Å². The van der Waals surface area contributed by atoms with Crippen molar-refractivity contribution in [2.75, 3.05) is 13.1 Å². The van der Waals surface area contributed by atoms with Crippen molar-refractivity contribution >= 4 is 11.8 Å². The molecule has 2 aliphatic rings. The van der Waals surface area contributed by atoms with Crippen molar-refractivity contribution in [1.29, 1.82) is 0 Å². The van der Waals surface area contributed by atoms with Gasteiger partial charge in [0.15, 0.2) is 0 Å². The number of rotatable bonds is 4. The van der Waals surface area contributed by atoms with Gasteiger partial charge in [0.2, 0.25) is 11.8 Å². The van der Waals surface area contributed by atoms with Gasteiger partial charge in [0.1, 0.15) is 5.82 Å². The molecule has 0 radical (unpaired) electrons. The van der Waals surface area contributed by atoms with Gasteiger partial charge in [0.05, 0.1) is 11.8 Å². The van der Waals surface area contributed by atoms with Gasteiger partial charge in [-0.25, -0.2) is 4.39 Å². The lowest BCUT2D eigenvalue weighted by Gasteiger charge is -2.14. The van der Waals surface area contributed by atoms with E-state index in [1.807, 2.05) is 4.90 Å². The first-order valence-electron chi connectivity index (χ1n) is 7.46. The van der Waals surface area contributed by atoms with Crippen LogP contribution in [0.4, 0.5) is 4.39 Å². The van der Waals surface area contributed by atoms with E-state index in [4.69, 9.17) is 0 Å². The molecule has 3 rings (SSSR count). The smallest absolute Gasteiger partial charge is 0.226 e. The molecule has 1 aliphatic carbocycles. The van der Waals surface area contributed by atoms with E-state index in [-0.39, 0.29) is 29.5 Å². The molecule has 1 saturated carbocycles. The Morgan fingerprint density at radius 3 is 2.48 bits per heavy atom. The molecule has 2 amide bonds. The number of nitrogens with zero attached hydrogens (tertiary/aromatic N) is 1.